The Hall–Kier alpha value is -1.85. The average Bonchev–Trinajstić information content (AvgIpc) is 3.02. The molecular weight excluding hydrogens is 286 g/mol. The van der Waals surface area contributed by atoms with Crippen molar-refractivity contribution < 1.29 is 14.3 Å². The summed E-state index contributed by atoms with van der Waals surface area (Å²) in [6.07, 6.45) is 0.225. The maximum Gasteiger partial charge on any atom is 0.224 e. The molecule has 4 nitrogen and oxygen atoms in total. The third-order valence-electron chi connectivity index (χ3n) is 3.18. The number of carbonyl (C=O) groups excluding carboxylic acids is 1. The standard InChI is InChI=1S/C16H19NO3S/c1-19-14-5-3-4-12(8-14)9-16(18)17-10-15(20-2)13-6-7-21-11-13/h3-8,11,15H,9-10H2,1-2H3,(H,17,18). The fourth-order valence-electron chi connectivity index (χ4n) is 2.03. The number of nitrogens with one attached hydrogen (secondary N) is 1. The van der Waals surface area contributed by atoms with Crippen LogP contribution in [0.15, 0.2) is 41.1 Å². The van der Waals surface area contributed by atoms with Gasteiger partial charge in [-0.05, 0) is 40.1 Å². The molecular formula is C16H19NO3S. The molecule has 0 aliphatic carbocycles. The highest BCUT2D eigenvalue weighted by Crippen LogP contribution is 2.18. The number of thiophene rings is 1. The smallest absolute Gasteiger partial charge is 0.224 e. The largest absolute Gasteiger partial charge is 0.497 e. The molecule has 0 bridgehead atoms. The van der Waals surface area contributed by atoms with Gasteiger partial charge in [0.1, 0.15) is 11.9 Å². The number of rotatable bonds is 7. The van der Waals surface area contributed by atoms with Crippen LogP contribution in [0.4, 0.5) is 0 Å². The van der Waals surface area contributed by atoms with E-state index in [9.17, 15) is 4.79 Å². The summed E-state index contributed by atoms with van der Waals surface area (Å²) in [5.74, 6) is 0.730. The Morgan fingerprint density at radius 1 is 1.33 bits per heavy atom. The van der Waals surface area contributed by atoms with Crippen molar-refractivity contribution >= 4 is 17.2 Å². The number of methoxy groups -OCH3 is 2. The molecule has 1 atom stereocenters. The second-order valence-corrected chi connectivity index (χ2v) is 5.39. The van der Waals surface area contributed by atoms with E-state index < -0.39 is 0 Å². The SMILES string of the molecule is COc1cccc(CC(=O)NCC(OC)c2ccsc2)c1. The van der Waals surface area contributed by atoms with Crippen LogP contribution in [0.2, 0.25) is 0 Å². The number of carbonyl (C=O) groups is 1. The van der Waals surface area contributed by atoms with E-state index in [1.54, 1.807) is 25.6 Å². The molecule has 1 heterocycles. The molecule has 0 saturated carbocycles. The molecule has 21 heavy (non-hydrogen) atoms. The number of benzene rings is 1. The summed E-state index contributed by atoms with van der Waals surface area (Å²) in [6, 6.07) is 9.53. The molecule has 0 fully saturated rings. The van der Waals surface area contributed by atoms with E-state index in [4.69, 9.17) is 9.47 Å². The average molecular weight is 305 g/mol. The third kappa shape index (κ3) is 4.58. The fraction of sp³-hybridized carbons (Fsp3) is 0.312. The molecule has 0 spiro atoms. The molecule has 1 N–H and O–H groups in total. The summed E-state index contributed by atoms with van der Waals surface area (Å²) in [6.45, 7) is 0.468. The lowest BCUT2D eigenvalue weighted by atomic mass is 10.1. The number of amides is 1. The quantitative estimate of drug-likeness (QED) is 0.855. The van der Waals surface area contributed by atoms with Gasteiger partial charge in [0.25, 0.3) is 0 Å². The molecule has 112 valence electrons. The van der Waals surface area contributed by atoms with Crippen LogP contribution >= 0.6 is 11.3 Å². The zero-order valence-electron chi connectivity index (χ0n) is 12.2. The van der Waals surface area contributed by atoms with E-state index in [2.05, 4.69) is 5.32 Å². The van der Waals surface area contributed by atoms with Gasteiger partial charge < -0.3 is 14.8 Å². The van der Waals surface area contributed by atoms with Gasteiger partial charge in [0, 0.05) is 13.7 Å². The van der Waals surface area contributed by atoms with E-state index >= 15 is 0 Å². The lowest BCUT2D eigenvalue weighted by molar-refractivity contribution is -0.121. The van der Waals surface area contributed by atoms with Crippen LogP contribution in [0.1, 0.15) is 17.2 Å². The lowest BCUT2D eigenvalue weighted by Gasteiger charge is -2.15. The highest BCUT2D eigenvalue weighted by atomic mass is 32.1. The van der Waals surface area contributed by atoms with Gasteiger partial charge in [0.05, 0.1) is 13.5 Å². The predicted molar refractivity (Wildman–Crippen MR) is 83.8 cm³/mol. The van der Waals surface area contributed by atoms with Crippen LogP contribution in [0.5, 0.6) is 5.75 Å². The van der Waals surface area contributed by atoms with Gasteiger partial charge in [0.2, 0.25) is 5.91 Å². The number of hydrogen-bond acceptors (Lipinski definition) is 4. The van der Waals surface area contributed by atoms with Crippen LogP contribution in [-0.2, 0) is 16.0 Å². The molecule has 5 heteroatoms. The van der Waals surface area contributed by atoms with Crippen LogP contribution in [0.3, 0.4) is 0 Å². The summed E-state index contributed by atoms with van der Waals surface area (Å²) >= 11 is 1.62. The van der Waals surface area contributed by atoms with Crippen LogP contribution in [-0.4, -0.2) is 26.7 Å². The molecule has 1 amide bonds. The van der Waals surface area contributed by atoms with E-state index in [0.717, 1.165) is 16.9 Å². The topological polar surface area (TPSA) is 47.6 Å². The molecule has 1 aromatic heterocycles. The van der Waals surface area contributed by atoms with Gasteiger partial charge in [-0.25, -0.2) is 0 Å². The maximum absolute atomic E-state index is 12.0. The predicted octanol–water partition coefficient (Wildman–Crippen LogP) is 2.80. The van der Waals surface area contributed by atoms with Crippen molar-refractivity contribution in [2.24, 2.45) is 0 Å². The summed E-state index contributed by atoms with van der Waals surface area (Å²) in [5, 5.41) is 6.94. The minimum absolute atomic E-state index is 0.0273. The molecule has 0 radical (unpaired) electrons. The van der Waals surface area contributed by atoms with Gasteiger partial charge >= 0.3 is 0 Å². The van der Waals surface area contributed by atoms with Crippen LogP contribution in [0, 0.1) is 0 Å². The van der Waals surface area contributed by atoms with Crippen molar-refractivity contribution in [2.75, 3.05) is 20.8 Å². The summed E-state index contributed by atoms with van der Waals surface area (Å²) in [4.78, 5) is 12.0. The Morgan fingerprint density at radius 3 is 2.86 bits per heavy atom. The highest BCUT2D eigenvalue weighted by Gasteiger charge is 2.12. The number of ether oxygens (including phenoxy) is 2. The summed E-state index contributed by atoms with van der Waals surface area (Å²) in [5.41, 5.74) is 2.01. The molecule has 0 aliphatic heterocycles. The van der Waals surface area contributed by atoms with Gasteiger partial charge in [-0.2, -0.15) is 11.3 Å². The molecule has 1 unspecified atom stereocenters. The summed E-state index contributed by atoms with van der Waals surface area (Å²) in [7, 11) is 3.26. The fourth-order valence-corrected chi connectivity index (χ4v) is 2.73. The molecule has 0 saturated heterocycles. The van der Waals surface area contributed by atoms with E-state index in [-0.39, 0.29) is 12.0 Å². The first-order valence-corrected chi connectivity index (χ1v) is 7.61. The Morgan fingerprint density at radius 2 is 2.19 bits per heavy atom. The Labute approximate surface area is 128 Å². The Balaban J connectivity index is 1.86. The third-order valence-corrected chi connectivity index (χ3v) is 3.88. The van der Waals surface area contributed by atoms with Gasteiger partial charge in [-0.15, -0.1) is 0 Å². The molecule has 0 aliphatic rings. The second-order valence-electron chi connectivity index (χ2n) is 4.61. The zero-order chi connectivity index (χ0) is 15.1. The van der Waals surface area contributed by atoms with Gasteiger partial charge in [-0.3, -0.25) is 4.79 Å². The second kappa shape index (κ2) is 7.81. The van der Waals surface area contributed by atoms with E-state index in [1.807, 2.05) is 41.1 Å². The number of hydrogen-bond donors (Lipinski definition) is 1. The van der Waals surface area contributed by atoms with E-state index in [1.165, 1.54) is 0 Å². The Bertz CT molecular complexity index is 569. The van der Waals surface area contributed by atoms with Crippen LogP contribution in [0.25, 0.3) is 0 Å². The van der Waals surface area contributed by atoms with Crippen molar-refractivity contribution in [1.29, 1.82) is 0 Å². The van der Waals surface area contributed by atoms with E-state index in [0.29, 0.717) is 13.0 Å². The molecule has 2 aromatic rings. The highest BCUT2D eigenvalue weighted by molar-refractivity contribution is 7.07. The Kier molecular flexibility index (Phi) is 5.78. The maximum atomic E-state index is 12.0. The van der Waals surface area contributed by atoms with Crippen molar-refractivity contribution in [3.8, 4) is 5.75 Å². The first-order valence-electron chi connectivity index (χ1n) is 6.67. The normalized spacial score (nSPS) is 11.9. The van der Waals surface area contributed by atoms with Crippen molar-refractivity contribution in [3.63, 3.8) is 0 Å². The minimum atomic E-state index is -0.106. The molecule has 1 aromatic carbocycles. The minimum Gasteiger partial charge on any atom is -0.497 e. The first-order chi connectivity index (χ1) is 10.2. The van der Waals surface area contributed by atoms with Crippen molar-refractivity contribution in [1.82, 2.24) is 5.32 Å². The van der Waals surface area contributed by atoms with Crippen LogP contribution < -0.4 is 10.1 Å². The first kappa shape index (κ1) is 15.5. The monoisotopic (exact) mass is 305 g/mol. The van der Waals surface area contributed by atoms with Gasteiger partial charge in [-0.1, -0.05) is 12.1 Å². The summed E-state index contributed by atoms with van der Waals surface area (Å²) < 4.78 is 10.6. The van der Waals surface area contributed by atoms with Crippen molar-refractivity contribution in [2.45, 2.75) is 12.5 Å². The van der Waals surface area contributed by atoms with Crippen molar-refractivity contribution in [3.05, 3.63) is 52.2 Å². The molecule has 2 rings (SSSR count). The lowest BCUT2D eigenvalue weighted by Crippen LogP contribution is -2.30. The zero-order valence-corrected chi connectivity index (χ0v) is 13.0. The van der Waals surface area contributed by atoms with Gasteiger partial charge in [0.15, 0.2) is 0 Å².